The lowest BCUT2D eigenvalue weighted by Crippen LogP contribution is -1.86. The summed E-state index contributed by atoms with van der Waals surface area (Å²) >= 11 is 0. The third kappa shape index (κ3) is 1.20. The minimum absolute atomic E-state index is 0.311. The Hall–Kier alpha value is -1.70. The number of hydrogen-bond acceptors (Lipinski definition) is 1. The van der Waals surface area contributed by atoms with Gasteiger partial charge in [-0.3, -0.25) is 4.79 Å². The number of rotatable bonds is 1. The second-order valence-corrected chi connectivity index (χ2v) is 2.74. The van der Waals surface area contributed by atoms with E-state index in [9.17, 15) is 9.18 Å². The highest BCUT2D eigenvalue weighted by molar-refractivity contribution is 5.98. The molecule has 0 aromatic heterocycles. The third-order valence-electron chi connectivity index (χ3n) is 1.98. The molecule has 2 aromatic rings. The summed E-state index contributed by atoms with van der Waals surface area (Å²) in [5, 5.41) is 1.07. The number of halogens is 1. The summed E-state index contributed by atoms with van der Waals surface area (Å²) in [6.07, 6.45) is 1.78. The number of fused-ring (bicyclic) bond motifs is 1. The van der Waals surface area contributed by atoms with E-state index in [1.54, 1.807) is 30.6 Å². The van der Waals surface area contributed by atoms with Crippen LogP contribution in [0.5, 0.6) is 0 Å². The molecular formula is C11H6FO. The third-order valence-corrected chi connectivity index (χ3v) is 1.98. The Kier molecular flexibility index (Phi) is 1.81. The summed E-state index contributed by atoms with van der Waals surface area (Å²) in [6, 6.07) is 9.57. The molecule has 13 heavy (non-hydrogen) atoms. The standard InChI is InChI=1S/C11H6FO/c12-11-6-5-8(7-13)9-3-1-2-4-10(9)11/h1-6H. The van der Waals surface area contributed by atoms with Crippen LogP contribution in [0.15, 0.2) is 36.4 Å². The number of benzene rings is 2. The molecule has 0 spiro atoms. The van der Waals surface area contributed by atoms with Gasteiger partial charge in [0, 0.05) is 10.9 Å². The maximum Gasteiger partial charge on any atom is 0.234 e. The molecule has 0 aliphatic heterocycles. The molecule has 1 nitrogen and oxygen atoms in total. The number of hydrogen-bond donors (Lipinski definition) is 0. The average molecular weight is 173 g/mol. The molecule has 0 heterocycles. The van der Waals surface area contributed by atoms with Crippen LogP contribution in [0.2, 0.25) is 0 Å². The van der Waals surface area contributed by atoms with Crippen LogP contribution in [0.25, 0.3) is 10.8 Å². The molecule has 2 aromatic carbocycles. The first-order valence-corrected chi connectivity index (χ1v) is 3.88. The zero-order valence-corrected chi connectivity index (χ0v) is 6.75. The molecule has 2 heteroatoms. The van der Waals surface area contributed by atoms with Gasteiger partial charge in [-0.15, -0.1) is 0 Å². The van der Waals surface area contributed by atoms with Crippen LogP contribution in [0, 0.1) is 5.82 Å². The van der Waals surface area contributed by atoms with Crippen molar-refractivity contribution in [2.45, 2.75) is 0 Å². The fourth-order valence-corrected chi connectivity index (χ4v) is 1.35. The first kappa shape index (κ1) is 7.92. The van der Waals surface area contributed by atoms with Gasteiger partial charge in [-0.1, -0.05) is 24.3 Å². The Balaban J connectivity index is 2.92. The Morgan fingerprint density at radius 1 is 1.00 bits per heavy atom. The highest BCUT2D eigenvalue weighted by atomic mass is 19.1. The zero-order valence-electron chi connectivity index (χ0n) is 6.75. The normalized spacial score (nSPS) is 10.2. The van der Waals surface area contributed by atoms with Gasteiger partial charge in [-0.25, -0.2) is 4.39 Å². The average Bonchev–Trinajstić information content (AvgIpc) is 2.19. The van der Waals surface area contributed by atoms with Gasteiger partial charge < -0.3 is 0 Å². The molecule has 0 bridgehead atoms. The molecule has 0 saturated heterocycles. The summed E-state index contributed by atoms with van der Waals surface area (Å²) in [5.41, 5.74) is 0.400. The van der Waals surface area contributed by atoms with Crippen LogP contribution in [-0.4, -0.2) is 6.29 Å². The molecule has 0 amide bonds. The van der Waals surface area contributed by atoms with E-state index < -0.39 is 0 Å². The zero-order chi connectivity index (χ0) is 9.26. The molecule has 0 aliphatic carbocycles. The van der Waals surface area contributed by atoms with Crippen LogP contribution < -0.4 is 0 Å². The van der Waals surface area contributed by atoms with Gasteiger partial charge >= 0.3 is 0 Å². The van der Waals surface area contributed by atoms with Crippen LogP contribution >= 0.6 is 0 Å². The molecule has 1 radical (unpaired) electrons. The molecule has 0 atom stereocenters. The summed E-state index contributed by atoms with van der Waals surface area (Å²) in [4.78, 5) is 10.5. The number of carbonyl (C=O) groups excluding carboxylic acids is 1. The van der Waals surface area contributed by atoms with Crippen molar-refractivity contribution in [2.75, 3.05) is 0 Å². The topological polar surface area (TPSA) is 17.1 Å². The highest BCUT2D eigenvalue weighted by Gasteiger charge is 2.03. The fourth-order valence-electron chi connectivity index (χ4n) is 1.35. The molecular weight excluding hydrogens is 167 g/mol. The van der Waals surface area contributed by atoms with E-state index in [-0.39, 0.29) is 5.82 Å². The smallest absolute Gasteiger partial charge is 0.234 e. The minimum Gasteiger partial charge on any atom is -0.285 e. The molecule has 0 saturated carbocycles. The van der Waals surface area contributed by atoms with Gasteiger partial charge in [0.1, 0.15) is 5.82 Å². The second-order valence-electron chi connectivity index (χ2n) is 2.74. The van der Waals surface area contributed by atoms with Crippen molar-refractivity contribution in [2.24, 2.45) is 0 Å². The monoisotopic (exact) mass is 173 g/mol. The lowest BCUT2D eigenvalue weighted by molar-refractivity contribution is 0.563. The first-order valence-electron chi connectivity index (χ1n) is 3.88. The summed E-state index contributed by atoms with van der Waals surface area (Å²) in [5.74, 6) is -0.311. The molecule has 2 rings (SSSR count). The van der Waals surface area contributed by atoms with Gasteiger partial charge in [0.15, 0.2) is 0 Å². The molecule has 0 N–H and O–H groups in total. The maximum atomic E-state index is 13.2. The van der Waals surface area contributed by atoms with E-state index in [2.05, 4.69) is 0 Å². The van der Waals surface area contributed by atoms with Crippen molar-refractivity contribution in [1.29, 1.82) is 0 Å². The van der Waals surface area contributed by atoms with Gasteiger partial charge in [0.2, 0.25) is 6.29 Å². The van der Waals surface area contributed by atoms with Gasteiger partial charge in [0.05, 0.1) is 0 Å². The van der Waals surface area contributed by atoms with Crippen LogP contribution in [0.1, 0.15) is 5.56 Å². The van der Waals surface area contributed by atoms with Gasteiger partial charge in [-0.05, 0) is 17.5 Å². The van der Waals surface area contributed by atoms with E-state index in [1.807, 2.05) is 0 Å². The molecule has 63 valence electrons. The predicted molar refractivity (Wildman–Crippen MR) is 48.7 cm³/mol. The predicted octanol–water partition coefficient (Wildman–Crippen LogP) is 2.44. The van der Waals surface area contributed by atoms with E-state index in [0.29, 0.717) is 16.3 Å². The summed E-state index contributed by atoms with van der Waals surface area (Å²) in [7, 11) is 0. The Morgan fingerprint density at radius 2 is 1.69 bits per heavy atom. The molecule has 0 unspecified atom stereocenters. The fraction of sp³-hybridized carbons (Fsp3) is 0. The Bertz CT molecular complexity index is 463. The Labute approximate surface area is 74.8 Å². The van der Waals surface area contributed by atoms with Crippen LogP contribution in [-0.2, 0) is 4.79 Å². The van der Waals surface area contributed by atoms with E-state index in [1.165, 1.54) is 12.1 Å². The quantitative estimate of drug-likeness (QED) is 0.647. The van der Waals surface area contributed by atoms with E-state index >= 15 is 0 Å². The Morgan fingerprint density at radius 3 is 2.38 bits per heavy atom. The van der Waals surface area contributed by atoms with Crippen molar-refractivity contribution < 1.29 is 9.18 Å². The second kappa shape index (κ2) is 2.98. The van der Waals surface area contributed by atoms with Crippen LogP contribution in [0.3, 0.4) is 0 Å². The first-order chi connectivity index (χ1) is 6.33. The van der Waals surface area contributed by atoms with Gasteiger partial charge in [0.25, 0.3) is 0 Å². The van der Waals surface area contributed by atoms with Crippen molar-refractivity contribution in [1.82, 2.24) is 0 Å². The van der Waals surface area contributed by atoms with Crippen molar-refractivity contribution in [3.63, 3.8) is 0 Å². The lowest BCUT2D eigenvalue weighted by atomic mass is 10.1. The molecule has 0 fully saturated rings. The van der Waals surface area contributed by atoms with Crippen molar-refractivity contribution in [3.8, 4) is 0 Å². The highest BCUT2D eigenvalue weighted by Crippen LogP contribution is 2.20. The van der Waals surface area contributed by atoms with Crippen LogP contribution in [0.4, 0.5) is 4.39 Å². The largest absolute Gasteiger partial charge is 0.285 e. The van der Waals surface area contributed by atoms with E-state index in [0.717, 1.165) is 0 Å². The SMILES string of the molecule is O=[C]c1ccc(F)c2ccccc12. The molecule has 0 aliphatic rings. The van der Waals surface area contributed by atoms with E-state index in [4.69, 9.17) is 0 Å². The van der Waals surface area contributed by atoms with Gasteiger partial charge in [-0.2, -0.15) is 0 Å². The maximum absolute atomic E-state index is 13.2. The summed E-state index contributed by atoms with van der Waals surface area (Å²) in [6.45, 7) is 0. The van der Waals surface area contributed by atoms with Crippen molar-refractivity contribution in [3.05, 3.63) is 47.8 Å². The summed E-state index contributed by atoms with van der Waals surface area (Å²) < 4.78 is 13.2. The lowest BCUT2D eigenvalue weighted by Gasteiger charge is -2.00. The minimum atomic E-state index is -0.311. The van der Waals surface area contributed by atoms with Crippen molar-refractivity contribution >= 4 is 17.1 Å².